The second kappa shape index (κ2) is 5.14. The van der Waals surface area contributed by atoms with E-state index in [1.807, 2.05) is 30.5 Å². The Kier molecular flexibility index (Phi) is 3.59. The summed E-state index contributed by atoms with van der Waals surface area (Å²) < 4.78 is 0. The van der Waals surface area contributed by atoms with E-state index in [1.54, 1.807) is 0 Å². The lowest BCUT2D eigenvalue weighted by Crippen LogP contribution is -2.12. The zero-order valence-corrected chi connectivity index (χ0v) is 9.88. The van der Waals surface area contributed by atoms with E-state index in [9.17, 15) is 0 Å². The molecule has 1 aromatic heterocycles. The quantitative estimate of drug-likeness (QED) is 0.856. The van der Waals surface area contributed by atoms with Crippen molar-refractivity contribution in [1.29, 1.82) is 0 Å². The largest absolute Gasteiger partial charge is 0.341 e. The summed E-state index contributed by atoms with van der Waals surface area (Å²) in [7, 11) is 0. The summed E-state index contributed by atoms with van der Waals surface area (Å²) in [5.41, 5.74) is 2.12. The molecule has 0 amide bonds. The van der Waals surface area contributed by atoms with E-state index < -0.39 is 0 Å². The number of aromatic nitrogens is 2. The molecule has 16 heavy (non-hydrogen) atoms. The lowest BCUT2D eigenvalue weighted by Gasteiger charge is -1.98. The Hall–Kier alpha value is -1.32. The van der Waals surface area contributed by atoms with Gasteiger partial charge in [0.1, 0.15) is 5.82 Å². The number of H-pyrrole nitrogens is 1. The molecule has 2 rings (SSSR count). The SMILES string of the molecule is CCNCc1ncc(-c2ccc(Cl)cc2)[nH]1. The molecule has 0 bridgehead atoms. The molecule has 0 saturated heterocycles. The third-order valence-electron chi connectivity index (χ3n) is 2.33. The molecule has 0 spiro atoms. The van der Waals surface area contributed by atoms with Crippen molar-refractivity contribution in [3.05, 3.63) is 41.3 Å². The lowest BCUT2D eigenvalue weighted by molar-refractivity contribution is 0.698. The molecule has 0 aliphatic carbocycles. The number of hydrogen-bond acceptors (Lipinski definition) is 2. The molecule has 0 fully saturated rings. The summed E-state index contributed by atoms with van der Waals surface area (Å²) in [5.74, 6) is 0.951. The average molecular weight is 236 g/mol. The van der Waals surface area contributed by atoms with Crippen molar-refractivity contribution >= 4 is 11.6 Å². The van der Waals surface area contributed by atoms with Crippen molar-refractivity contribution < 1.29 is 0 Å². The Morgan fingerprint density at radius 1 is 1.31 bits per heavy atom. The summed E-state index contributed by atoms with van der Waals surface area (Å²) in [6, 6.07) is 7.71. The topological polar surface area (TPSA) is 40.7 Å². The van der Waals surface area contributed by atoms with E-state index >= 15 is 0 Å². The van der Waals surface area contributed by atoms with E-state index in [1.165, 1.54) is 0 Å². The smallest absolute Gasteiger partial charge is 0.120 e. The summed E-state index contributed by atoms with van der Waals surface area (Å²) in [6.45, 7) is 3.78. The van der Waals surface area contributed by atoms with E-state index in [2.05, 4.69) is 22.2 Å². The van der Waals surface area contributed by atoms with Gasteiger partial charge in [-0.25, -0.2) is 4.98 Å². The minimum absolute atomic E-state index is 0.746. The Balaban J connectivity index is 2.15. The van der Waals surface area contributed by atoms with Gasteiger partial charge in [0.2, 0.25) is 0 Å². The van der Waals surface area contributed by atoms with Gasteiger partial charge in [0.05, 0.1) is 18.4 Å². The number of hydrogen-bond donors (Lipinski definition) is 2. The van der Waals surface area contributed by atoms with Crippen molar-refractivity contribution in [3.8, 4) is 11.3 Å². The molecular formula is C12H14ClN3. The first-order valence-electron chi connectivity index (χ1n) is 5.30. The number of aromatic amines is 1. The minimum atomic E-state index is 0.746. The van der Waals surface area contributed by atoms with Crippen LogP contribution in [0.3, 0.4) is 0 Å². The van der Waals surface area contributed by atoms with Crippen LogP contribution in [0.1, 0.15) is 12.7 Å². The maximum atomic E-state index is 5.84. The van der Waals surface area contributed by atoms with Crippen LogP contribution in [0.2, 0.25) is 5.02 Å². The molecular weight excluding hydrogens is 222 g/mol. The molecule has 2 N–H and O–H groups in total. The van der Waals surface area contributed by atoms with Gasteiger partial charge in [-0.05, 0) is 24.2 Å². The third-order valence-corrected chi connectivity index (χ3v) is 2.58. The highest BCUT2D eigenvalue weighted by atomic mass is 35.5. The van der Waals surface area contributed by atoms with E-state index in [0.717, 1.165) is 35.2 Å². The van der Waals surface area contributed by atoms with Crippen LogP contribution in [-0.2, 0) is 6.54 Å². The van der Waals surface area contributed by atoms with Gasteiger partial charge < -0.3 is 10.3 Å². The van der Waals surface area contributed by atoms with Gasteiger partial charge >= 0.3 is 0 Å². The molecule has 1 aromatic carbocycles. The van der Waals surface area contributed by atoms with Crippen LogP contribution < -0.4 is 5.32 Å². The molecule has 0 atom stereocenters. The van der Waals surface area contributed by atoms with E-state index in [-0.39, 0.29) is 0 Å². The van der Waals surface area contributed by atoms with E-state index in [4.69, 9.17) is 11.6 Å². The molecule has 0 saturated carbocycles. The molecule has 0 unspecified atom stereocenters. The number of imidazole rings is 1. The summed E-state index contributed by atoms with van der Waals surface area (Å²) in [4.78, 5) is 7.57. The number of nitrogens with zero attached hydrogens (tertiary/aromatic N) is 1. The second-order valence-electron chi connectivity index (χ2n) is 3.53. The van der Waals surface area contributed by atoms with Crippen LogP contribution in [0.5, 0.6) is 0 Å². The molecule has 0 aliphatic rings. The van der Waals surface area contributed by atoms with Gasteiger partial charge in [-0.3, -0.25) is 0 Å². The highest BCUT2D eigenvalue weighted by Gasteiger charge is 2.02. The standard InChI is InChI=1S/C12H14ClN3/c1-2-14-8-12-15-7-11(16-12)9-3-5-10(13)6-4-9/h3-7,14H,2,8H2,1H3,(H,15,16). The van der Waals surface area contributed by atoms with Crippen LogP contribution in [0, 0.1) is 0 Å². The Labute approximate surface area is 99.9 Å². The highest BCUT2D eigenvalue weighted by molar-refractivity contribution is 6.30. The molecule has 0 radical (unpaired) electrons. The number of nitrogens with one attached hydrogen (secondary N) is 2. The first kappa shape index (κ1) is 11.2. The third kappa shape index (κ3) is 2.62. The summed E-state index contributed by atoms with van der Waals surface area (Å²) in [6.07, 6.45) is 1.84. The van der Waals surface area contributed by atoms with Crippen LogP contribution in [0.25, 0.3) is 11.3 Å². The van der Waals surface area contributed by atoms with Gasteiger partial charge in [0.15, 0.2) is 0 Å². The van der Waals surface area contributed by atoms with Crippen LogP contribution in [0.4, 0.5) is 0 Å². The number of rotatable bonds is 4. The normalized spacial score (nSPS) is 10.6. The predicted molar refractivity (Wildman–Crippen MR) is 66.4 cm³/mol. The Bertz CT molecular complexity index is 448. The monoisotopic (exact) mass is 235 g/mol. The molecule has 3 nitrogen and oxygen atoms in total. The first-order valence-corrected chi connectivity index (χ1v) is 5.68. The molecule has 0 aliphatic heterocycles. The Morgan fingerprint density at radius 3 is 2.75 bits per heavy atom. The fraction of sp³-hybridized carbons (Fsp3) is 0.250. The van der Waals surface area contributed by atoms with Crippen LogP contribution >= 0.6 is 11.6 Å². The van der Waals surface area contributed by atoms with Crippen LogP contribution in [-0.4, -0.2) is 16.5 Å². The predicted octanol–water partition coefficient (Wildman–Crippen LogP) is 2.84. The maximum absolute atomic E-state index is 5.84. The van der Waals surface area contributed by atoms with Gasteiger partial charge in [0, 0.05) is 5.02 Å². The van der Waals surface area contributed by atoms with Crippen LogP contribution in [0.15, 0.2) is 30.5 Å². The van der Waals surface area contributed by atoms with Crippen molar-refractivity contribution in [2.75, 3.05) is 6.54 Å². The van der Waals surface area contributed by atoms with Crippen molar-refractivity contribution in [3.63, 3.8) is 0 Å². The zero-order valence-electron chi connectivity index (χ0n) is 9.13. The van der Waals surface area contributed by atoms with Crippen molar-refractivity contribution in [1.82, 2.24) is 15.3 Å². The first-order chi connectivity index (χ1) is 7.79. The van der Waals surface area contributed by atoms with Gasteiger partial charge in [-0.2, -0.15) is 0 Å². The summed E-state index contributed by atoms with van der Waals surface area (Å²) >= 11 is 5.84. The van der Waals surface area contributed by atoms with E-state index in [0.29, 0.717) is 0 Å². The molecule has 2 aromatic rings. The van der Waals surface area contributed by atoms with Crippen molar-refractivity contribution in [2.45, 2.75) is 13.5 Å². The maximum Gasteiger partial charge on any atom is 0.120 e. The fourth-order valence-electron chi connectivity index (χ4n) is 1.47. The van der Waals surface area contributed by atoms with Gasteiger partial charge in [-0.15, -0.1) is 0 Å². The lowest BCUT2D eigenvalue weighted by atomic mass is 10.2. The number of halogens is 1. The summed E-state index contributed by atoms with van der Waals surface area (Å²) in [5, 5.41) is 3.97. The average Bonchev–Trinajstić information content (AvgIpc) is 2.76. The zero-order chi connectivity index (χ0) is 11.4. The van der Waals surface area contributed by atoms with Crippen molar-refractivity contribution in [2.24, 2.45) is 0 Å². The fourth-order valence-corrected chi connectivity index (χ4v) is 1.60. The highest BCUT2D eigenvalue weighted by Crippen LogP contribution is 2.19. The van der Waals surface area contributed by atoms with Gasteiger partial charge in [0.25, 0.3) is 0 Å². The second-order valence-corrected chi connectivity index (χ2v) is 3.97. The minimum Gasteiger partial charge on any atom is -0.341 e. The number of benzene rings is 1. The Morgan fingerprint density at radius 2 is 2.06 bits per heavy atom. The van der Waals surface area contributed by atoms with Gasteiger partial charge in [-0.1, -0.05) is 30.7 Å². The molecule has 4 heteroatoms. The molecule has 1 heterocycles. The molecule has 84 valence electrons.